The number of nitrogens with one attached hydrogen (secondary N) is 1. The van der Waals surface area contributed by atoms with Gasteiger partial charge in [0.1, 0.15) is 0 Å². The molecule has 0 bridgehead atoms. The predicted octanol–water partition coefficient (Wildman–Crippen LogP) is 3.30. The first-order valence-electron chi connectivity index (χ1n) is 7.24. The summed E-state index contributed by atoms with van der Waals surface area (Å²) in [6, 6.07) is 16.0. The third kappa shape index (κ3) is 5.42. The van der Waals surface area contributed by atoms with Crippen molar-refractivity contribution >= 4 is 23.5 Å². The van der Waals surface area contributed by atoms with E-state index in [1.165, 1.54) is 7.11 Å². The van der Waals surface area contributed by atoms with Crippen LogP contribution in [-0.2, 0) is 20.7 Å². The van der Waals surface area contributed by atoms with Crippen LogP contribution in [0.4, 0.5) is 0 Å². The SMILES string of the molecule is COC(=O)C[C@@H](NC(=O)Cc1ccc(Cl)cc1)c1ccccc1. The van der Waals surface area contributed by atoms with Gasteiger partial charge in [0.15, 0.2) is 0 Å². The minimum atomic E-state index is -0.413. The lowest BCUT2D eigenvalue weighted by Crippen LogP contribution is -2.31. The van der Waals surface area contributed by atoms with Crippen LogP contribution in [0.2, 0.25) is 5.02 Å². The lowest BCUT2D eigenvalue weighted by Gasteiger charge is -2.18. The van der Waals surface area contributed by atoms with E-state index < -0.39 is 6.04 Å². The normalized spacial score (nSPS) is 11.6. The minimum Gasteiger partial charge on any atom is -0.469 e. The van der Waals surface area contributed by atoms with Gasteiger partial charge in [-0.15, -0.1) is 0 Å². The molecule has 0 heterocycles. The van der Waals surface area contributed by atoms with Crippen LogP contribution >= 0.6 is 11.6 Å². The second kappa shape index (κ2) is 8.34. The minimum absolute atomic E-state index is 0.0901. The number of carbonyl (C=O) groups is 2. The average Bonchev–Trinajstić information content (AvgIpc) is 2.57. The molecule has 23 heavy (non-hydrogen) atoms. The zero-order valence-electron chi connectivity index (χ0n) is 12.8. The molecule has 120 valence electrons. The summed E-state index contributed by atoms with van der Waals surface area (Å²) in [7, 11) is 1.33. The quantitative estimate of drug-likeness (QED) is 0.826. The average molecular weight is 332 g/mol. The molecule has 2 rings (SSSR count). The van der Waals surface area contributed by atoms with Crippen molar-refractivity contribution in [3.05, 3.63) is 70.7 Å². The lowest BCUT2D eigenvalue weighted by molar-refractivity contribution is -0.141. The van der Waals surface area contributed by atoms with E-state index in [0.29, 0.717) is 5.02 Å². The van der Waals surface area contributed by atoms with E-state index in [2.05, 4.69) is 5.32 Å². The van der Waals surface area contributed by atoms with Crippen molar-refractivity contribution in [3.8, 4) is 0 Å². The number of ether oxygens (including phenoxy) is 1. The molecule has 2 aromatic carbocycles. The van der Waals surface area contributed by atoms with Gasteiger partial charge >= 0.3 is 5.97 Å². The monoisotopic (exact) mass is 331 g/mol. The van der Waals surface area contributed by atoms with Crippen molar-refractivity contribution in [2.24, 2.45) is 0 Å². The first-order chi connectivity index (χ1) is 11.1. The van der Waals surface area contributed by atoms with Crippen LogP contribution in [0.25, 0.3) is 0 Å². The topological polar surface area (TPSA) is 55.4 Å². The van der Waals surface area contributed by atoms with Crippen LogP contribution in [0, 0.1) is 0 Å². The summed E-state index contributed by atoms with van der Waals surface area (Å²) < 4.78 is 4.71. The van der Waals surface area contributed by atoms with Crippen molar-refractivity contribution in [3.63, 3.8) is 0 Å². The van der Waals surface area contributed by atoms with Gasteiger partial charge in [-0.2, -0.15) is 0 Å². The number of hydrogen-bond acceptors (Lipinski definition) is 3. The first kappa shape index (κ1) is 17.0. The predicted molar refractivity (Wildman–Crippen MR) is 89.1 cm³/mol. The molecule has 2 aromatic rings. The lowest BCUT2D eigenvalue weighted by atomic mass is 10.0. The van der Waals surface area contributed by atoms with E-state index in [4.69, 9.17) is 16.3 Å². The number of hydrogen-bond donors (Lipinski definition) is 1. The second-order valence-electron chi connectivity index (χ2n) is 5.11. The van der Waals surface area contributed by atoms with Gasteiger partial charge in [0, 0.05) is 5.02 Å². The van der Waals surface area contributed by atoms with Crippen LogP contribution in [0.5, 0.6) is 0 Å². The number of rotatable bonds is 6. The fourth-order valence-corrected chi connectivity index (χ4v) is 2.35. The highest BCUT2D eigenvalue weighted by Gasteiger charge is 2.18. The zero-order chi connectivity index (χ0) is 16.7. The van der Waals surface area contributed by atoms with Crippen LogP contribution in [0.15, 0.2) is 54.6 Å². The number of methoxy groups -OCH3 is 1. The van der Waals surface area contributed by atoms with Crippen LogP contribution < -0.4 is 5.32 Å². The summed E-state index contributed by atoms with van der Waals surface area (Å²) in [5.41, 5.74) is 1.72. The molecular weight excluding hydrogens is 314 g/mol. The Balaban J connectivity index is 2.05. The van der Waals surface area contributed by atoms with Crippen LogP contribution in [-0.4, -0.2) is 19.0 Å². The van der Waals surface area contributed by atoms with Gasteiger partial charge in [0.05, 0.1) is 26.0 Å². The van der Waals surface area contributed by atoms with Crippen LogP contribution in [0.3, 0.4) is 0 Å². The molecule has 4 nitrogen and oxygen atoms in total. The maximum Gasteiger partial charge on any atom is 0.307 e. The second-order valence-corrected chi connectivity index (χ2v) is 5.55. The maximum atomic E-state index is 12.3. The standard InChI is InChI=1S/C18H18ClNO3/c1-23-18(22)12-16(14-5-3-2-4-6-14)20-17(21)11-13-7-9-15(19)10-8-13/h2-10,16H,11-12H2,1H3,(H,20,21)/t16-/m1/s1. The molecule has 0 aromatic heterocycles. The van der Waals surface area contributed by atoms with Crippen molar-refractivity contribution < 1.29 is 14.3 Å². The van der Waals surface area contributed by atoms with Gasteiger partial charge in [-0.1, -0.05) is 54.1 Å². The summed E-state index contributed by atoms with van der Waals surface area (Å²) >= 11 is 5.83. The largest absolute Gasteiger partial charge is 0.469 e. The number of carbonyl (C=O) groups excluding carboxylic acids is 2. The molecule has 0 saturated heterocycles. The summed E-state index contributed by atoms with van der Waals surface area (Å²) in [6.45, 7) is 0. The van der Waals surface area contributed by atoms with Gasteiger partial charge in [-0.25, -0.2) is 0 Å². The Kier molecular flexibility index (Phi) is 6.18. The van der Waals surface area contributed by atoms with Crippen molar-refractivity contribution in [1.29, 1.82) is 0 Å². The molecule has 0 radical (unpaired) electrons. The van der Waals surface area contributed by atoms with Gasteiger partial charge in [-0.3, -0.25) is 9.59 Å². The number of esters is 1. The Morgan fingerprint density at radius 3 is 2.35 bits per heavy atom. The number of benzene rings is 2. The third-order valence-corrected chi connectivity index (χ3v) is 3.67. The highest BCUT2D eigenvalue weighted by Crippen LogP contribution is 2.18. The van der Waals surface area contributed by atoms with Crippen molar-refractivity contribution in [2.75, 3.05) is 7.11 Å². The Bertz CT molecular complexity index is 656. The van der Waals surface area contributed by atoms with E-state index >= 15 is 0 Å². The molecule has 1 atom stereocenters. The molecule has 0 fully saturated rings. The van der Waals surface area contributed by atoms with Crippen LogP contribution in [0.1, 0.15) is 23.6 Å². The zero-order valence-corrected chi connectivity index (χ0v) is 13.5. The number of amides is 1. The fourth-order valence-electron chi connectivity index (χ4n) is 2.22. The number of halogens is 1. The first-order valence-corrected chi connectivity index (χ1v) is 7.62. The molecular formula is C18H18ClNO3. The summed E-state index contributed by atoms with van der Waals surface area (Å²) in [6.07, 6.45) is 0.314. The molecule has 1 amide bonds. The summed E-state index contributed by atoms with van der Waals surface area (Å²) in [5, 5.41) is 3.52. The Labute approximate surface area is 140 Å². The molecule has 0 aliphatic rings. The third-order valence-electron chi connectivity index (χ3n) is 3.41. The van der Waals surface area contributed by atoms with E-state index in [0.717, 1.165) is 11.1 Å². The molecule has 0 unspecified atom stereocenters. The van der Waals surface area contributed by atoms with Gasteiger partial charge in [0.25, 0.3) is 0 Å². The highest BCUT2D eigenvalue weighted by molar-refractivity contribution is 6.30. The molecule has 0 aliphatic heterocycles. The highest BCUT2D eigenvalue weighted by atomic mass is 35.5. The Morgan fingerprint density at radius 1 is 1.09 bits per heavy atom. The van der Waals surface area contributed by atoms with Gasteiger partial charge in [-0.05, 0) is 23.3 Å². The van der Waals surface area contributed by atoms with Crippen molar-refractivity contribution in [2.45, 2.75) is 18.9 Å². The van der Waals surface area contributed by atoms with Gasteiger partial charge < -0.3 is 10.1 Å². The van der Waals surface area contributed by atoms with E-state index in [1.807, 2.05) is 30.3 Å². The summed E-state index contributed by atoms with van der Waals surface area (Å²) in [5.74, 6) is -0.532. The Morgan fingerprint density at radius 2 is 1.74 bits per heavy atom. The van der Waals surface area contributed by atoms with E-state index in [9.17, 15) is 9.59 Å². The molecule has 0 saturated carbocycles. The Hall–Kier alpha value is -2.33. The molecule has 5 heteroatoms. The van der Waals surface area contributed by atoms with E-state index in [-0.39, 0.29) is 24.7 Å². The van der Waals surface area contributed by atoms with Gasteiger partial charge in [0.2, 0.25) is 5.91 Å². The maximum absolute atomic E-state index is 12.3. The smallest absolute Gasteiger partial charge is 0.307 e. The van der Waals surface area contributed by atoms with Crippen molar-refractivity contribution in [1.82, 2.24) is 5.32 Å². The molecule has 1 N–H and O–H groups in total. The molecule has 0 spiro atoms. The van der Waals surface area contributed by atoms with E-state index in [1.54, 1.807) is 24.3 Å². The summed E-state index contributed by atoms with van der Waals surface area (Å²) in [4.78, 5) is 23.8. The fraction of sp³-hybridized carbons (Fsp3) is 0.222. The molecule has 0 aliphatic carbocycles.